The van der Waals surface area contributed by atoms with Gasteiger partial charge in [-0.3, -0.25) is 0 Å². The van der Waals surface area contributed by atoms with E-state index in [1.807, 2.05) is 23.9 Å². The third-order valence-electron chi connectivity index (χ3n) is 3.16. The highest BCUT2D eigenvalue weighted by Gasteiger charge is 2.08. The van der Waals surface area contributed by atoms with E-state index < -0.39 is 0 Å². The highest BCUT2D eigenvalue weighted by atomic mass is 32.2. The molecule has 0 bridgehead atoms. The minimum Gasteiger partial charge on any atom is -0.309 e. The number of benzene rings is 2. The lowest BCUT2D eigenvalue weighted by molar-refractivity contribution is 0.533. The van der Waals surface area contributed by atoms with E-state index in [2.05, 4.69) is 36.5 Å². The fraction of sp³-hybridized carbons (Fsp3) is 0.294. The van der Waals surface area contributed by atoms with Crippen molar-refractivity contribution in [3.8, 4) is 0 Å². The molecule has 2 aromatic rings. The van der Waals surface area contributed by atoms with Crippen molar-refractivity contribution in [3.63, 3.8) is 0 Å². The maximum absolute atomic E-state index is 13.2. The van der Waals surface area contributed by atoms with Crippen LogP contribution in [0.5, 0.6) is 0 Å². The third kappa shape index (κ3) is 4.66. The van der Waals surface area contributed by atoms with Crippen LogP contribution < -0.4 is 5.32 Å². The minimum absolute atomic E-state index is 0.165. The zero-order valence-corrected chi connectivity index (χ0v) is 12.5. The average molecular weight is 289 g/mol. The van der Waals surface area contributed by atoms with Gasteiger partial charge in [0.1, 0.15) is 5.82 Å². The summed E-state index contributed by atoms with van der Waals surface area (Å²) >= 11 is 1.83. The van der Waals surface area contributed by atoms with Crippen molar-refractivity contribution in [3.05, 3.63) is 66.0 Å². The summed E-state index contributed by atoms with van der Waals surface area (Å²) in [4.78, 5) is 1.29. The van der Waals surface area contributed by atoms with Crippen molar-refractivity contribution < 1.29 is 4.39 Å². The van der Waals surface area contributed by atoms with Crippen molar-refractivity contribution in [1.82, 2.24) is 5.32 Å². The van der Waals surface area contributed by atoms with Gasteiger partial charge in [-0.05, 0) is 36.2 Å². The standard InChI is InChI=1S/C17H20FNS/c1-2-17(14-7-6-8-15(18)13-14)19-11-12-20-16-9-4-3-5-10-16/h3-10,13,17,19H,2,11-12H2,1H3. The molecule has 0 heterocycles. The Labute approximate surface area is 124 Å². The first-order chi connectivity index (χ1) is 9.79. The fourth-order valence-corrected chi connectivity index (χ4v) is 2.95. The first kappa shape index (κ1) is 15.1. The summed E-state index contributed by atoms with van der Waals surface area (Å²) in [6.07, 6.45) is 0.958. The normalized spacial score (nSPS) is 12.3. The molecule has 106 valence electrons. The van der Waals surface area contributed by atoms with Crippen molar-refractivity contribution in [1.29, 1.82) is 0 Å². The Hall–Kier alpha value is -1.32. The molecule has 1 nitrogen and oxygen atoms in total. The van der Waals surface area contributed by atoms with Gasteiger partial charge in [-0.2, -0.15) is 0 Å². The van der Waals surface area contributed by atoms with Crippen LogP contribution in [0.25, 0.3) is 0 Å². The molecule has 1 unspecified atom stereocenters. The van der Waals surface area contributed by atoms with Crippen molar-refractivity contribution in [2.45, 2.75) is 24.3 Å². The largest absolute Gasteiger partial charge is 0.309 e. The summed E-state index contributed by atoms with van der Waals surface area (Å²) in [6, 6.07) is 17.5. The predicted molar refractivity (Wildman–Crippen MR) is 84.6 cm³/mol. The number of halogens is 1. The molecule has 0 amide bonds. The van der Waals surface area contributed by atoms with Gasteiger partial charge >= 0.3 is 0 Å². The van der Waals surface area contributed by atoms with Crippen LogP contribution in [0.15, 0.2) is 59.5 Å². The zero-order valence-electron chi connectivity index (χ0n) is 11.7. The van der Waals surface area contributed by atoms with E-state index in [0.29, 0.717) is 0 Å². The quantitative estimate of drug-likeness (QED) is 0.588. The SMILES string of the molecule is CCC(NCCSc1ccccc1)c1cccc(F)c1. The van der Waals surface area contributed by atoms with E-state index in [-0.39, 0.29) is 11.9 Å². The number of hydrogen-bond acceptors (Lipinski definition) is 2. The number of hydrogen-bond donors (Lipinski definition) is 1. The van der Waals surface area contributed by atoms with Crippen LogP contribution >= 0.6 is 11.8 Å². The second-order valence-electron chi connectivity index (χ2n) is 4.63. The molecular formula is C17H20FNS. The molecular weight excluding hydrogens is 269 g/mol. The maximum Gasteiger partial charge on any atom is 0.123 e. The molecule has 3 heteroatoms. The summed E-state index contributed by atoms with van der Waals surface area (Å²) in [5, 5.41) is 3.50. The molecule has 2 rings (SSSR count). The molecule has 0 aliphatic rings. The summed E-state index contributed by atoms with van der Waals surface area (Å²) in [7, 11) is 0. The van der Waals surface area contributed by atoms with Crippen LogP contribution in [-0.4, -0.2) is 12.3 Å². The average Bonchev–Trinajstić information content (AvgIpc) is 2.48. The Bertz CT molecular complexity index is 515. The maximum atomic E-state index is 13.2. The Morgan fingerprint density at radius 1 is 1.10 bits per heavy atom. The van der Waals surface area contributed by atoms with Crippen molar-refractivity contribution in [2.24, 2.45) is 0 Å². The summed E-state index contributed by atoms with van der Waals surface area (Å²) in [5.74, 6) is 0.844. The van der Waals surface area contributed by atoms with Gasteiger partial charge < -0.3 is 5.32 Å². The second-order valence-corrected chi connectivity index (χ2v) is 5.80. The smallest absolute Gasteiger partial charge is 0.123 e. The summed E-state index contributed by atoms with van der Waals surface area (Å²) < 4.78 is 13.2. The topological polar surface area (TPSA) is 12.0 Å². The lowest BCUT2D eigenvalue weighted by atomic mass is 10.0. The Balaban J connectivity index is 1.80. The van der Waals surface area contributed by atoms with E-state index in [0.717, 1.165) is 24.3 Å². The highest BCUT2D eigenvalue weighted by Crippen LogP contribution is 2.19. The molecule has 0 spiro atoms. The molecule has 20 heavy (non-hydrogen) atoms. The van der Waals surface area contributed by atoms with Gasteiger partial charge in [0, 0.05) is 23.2 Å². The Kier molecular flexibility index (Phi) is 6.09. The molecule has 1 N–H and O–H groups in total. The van der Waals surface area contributed by atoms with Gasteiger partial charge in [0.2, 0.25) is 0 Å². The van der Waals surface area contributed by atoms with Gasteiger partial charge in [0.25, 0.3) is 0 Å². The highest BCUT2D eigenvalue weighted by molar-refractivity contribution is 7.99. The molecule has 0 aromatic heterocycles. The van der Waals surface area contributed by atoms with Crippen LogP contribution in [-0.2, 0) is 0 Å². The number of rotatable bonds is 7. The van der Waals surface area contributed by atoms with Gasteiger partial charge in [0.05, 0.1) is 0 Å². The minimum atomic E-state index is -0.165. The molecule has 0 radical (unpaired) electrons. The van der Waals surface area contributed by atoms with Crippen LogP contribution in [0, 0.1) is 5.82 Å². The first-order valence-corrected chi connectivity index (χ1v) is 7.95. The van der Waals surface area contributed by atoms with E-state index in [4.69, 9.17) is 0 Å². The number of thioether (sulfide) groups is 1. The Morgan fingerprint density at radius 2 is 1.90 bits per heavy atom. The lowest BCUT2D eigenvalue weighted by Gasteiger charge is -2.17. The lowest BCUT2D eigenvalue weighted by Crippen LogP contribution is -2.23. The van der Waals surface area contributed by atoms with Gasteiger partial charge in [-0.1, -0.05) is 37.3 Å². The summed E-state index contributed by atoms with van der Waals surface area (Å²) in [5.41, 5.74) is 1.03. The van der Waals surface area contributed by atoms with Crippen molar-refractivity contribution >= 4 is 11.8 Å². The molecule has 0 saturated heterocycles. The van der Waals surface area contributed by atoms with Gasteiger partial charge in [-0.15, -0.1) is 11.8 Å². The molecule has 0 aliphatic carbocycles. The Morgan fingerprint density at radius 3 is 2.60 bits per heavy atom. The zero-order chi connectivity index (χ0) is 14.2. The van der Waals surface area contributed by atoms with Crippen LogP contribution in [0.1, 0.15) is 24.9 Å². The molecule has 0 fully saturated rings. The second kappa shape index (κ2) is 8.08. The molecule has 0 aliphatic heterocycles. The monoisotopic (exact) mass is 289 g/mol. The van der Waals surface area contributed by atoms with Gasteiger partial charge in [-0.25, -0.2) is 4.39 Å². The van der Waals surface area contributed by atoms with Crippen LogP contribution in [0.2, 0.25) is 0 Å². The number of nitrogens with one attached hydrogen (secondary N) is 1. The first-order valence-electron chi connectivity index (χ1n) is 6.96. The fourth-order valence-electron chi connectivity index (χ4n) is 2.14. The van der Waals surface area contributed by atoms with E-state index in [1.165, 1.54) is 11.0 Å². The third-order valence-corrected chi connectivity index (χ3v) is 4.18. The van der Waals surface area contributed by atoms with Crippen LogP contribution in [0.3, 0.4) is 0 Å². The van der Waals surface area contributed by atoms with Crippen LogP contribution in [0.4, 0.5) is 4.39 Å². The predicted octanol–water partition coefficient (Wildman–Crippen LogP) is 4.66. The molecule has 1 atom stereocenters. The van der Waals surface area contributed by atoms with E-state index in [1.54, 1.807) is 12.1 Å². The van der Waals surface area contributed by atoms with E-state index in [9.17, 15) is 4.39 Å². The molecule has 2 aromatic carbocycles. The van der Waals surface area contributed by atoms with E-state index >= 15 is 0 Å². The summed E-state index contributed by atoms with van der Waals surface area (Å²) in [6.45, 7) is 3.03. The van der Waals surface area contributed by atoms with Crippen molar-refractivity contribution in [2.75, 3.05) is 12.3 Å². The molecule has 0 saturated carbocycles. The van der Waals surface area contributed by atoms with Gasteiger partial charge in [0.15, 0.2) is 0 Å².